The maximum Gasteiger partial charge on any atom is 0.0412 e. The third kappa shape index (κ3) is 2.42. The van der Waals surface area contributed by atoms with Crippen LogP contribution in [-0.4, -0.2) is 7.11 Å². The third-order valence-corrected chi connectivity index (χ3v) is 2.45. The van der Waals surface area contributed by atoms with E-state index in [0.29, 0.717) is 10.3 Å². The monoisotopic (exact) mass is 189 g/mol. The molecule has 1 aromatic rings. The molecule has 0 radical (unpaired) electrons. The Bertz CT molecular complexity index is 242. The molecule has 0 aliphatic rings. The molecule has 60 valence electrons. The van der Waals surface area contributed by atoms with Crippen LogP contribution < -0.4 is 10.2 Å². The average molecular weight is 190 g/mol. The molecule has 11 heavy (non-hydrogen) atoms. The average Bonchev–Trinajstić information content (AvgIpc) is 2.03. The van der Waals surface area contributed by atoms with Gasteiger partial charge in [-0.1, -0.05) is 23.7 Å². The predicted molar refractivity (Wildman–Crippen MR) is 45.0 cm³/mol. The second-order valence-corrected chi connectivity index (χ2v) is 3.75. The van der Waals surface area contributed by atoms with Gasteiger partial charge in [0.05, 0.1) is 0 Å². The summed E-state index contributed by atoms with van der Waals surface area (Å²) < 4.78 is 4.64. The van der Waals surface area contributed by atoms with Crippen LogP contribution in [0.1, 0.15) is 0 Å². The third-order valence-electron chi connectivity index (χ3n) is 1.18. The van der Waals surface area contributed by atoms with Crippen LogP contribution in [-0.2, 0) is 4.52 Å². The second-order valence-electron chi connectivity index (χ2n) is 1.92. The highest BCUT2D eigenvalue weighted by Crippen LogP contribution is 2.24. The first-order chi connectivity index (χ1) is 5.24. The Labute approximate surface area is 71.7 Å². The maximum absolute atomic E-state index is 11.0. The Balaban J connectivity index is 2.86. The highest BCUT2D eigenvalue weighted by molar-refractivity contribution is 7.53. The fraction of sp³-hybridized carbons (Fsp3) is 0.143. The van der Waals surface area contributed by atoms with Crippen molar-refractivity contribution in [1.82, 2.24) is 0 Å². The summed E-state index contributed by atoms with van der Waals surface area (Å²) in [5, 5.41) is 1.19. The summed E-state index contributed by atoms with van der Waals surface area (Å²) in [4.78, 5) is 11.0. The normalized spacial score (nSPS) is 13.0. The van der Waals surface area contributed by atoms with Crippen molar-refractivity contribution in [2.75, 3.05) is 7.11 Å². The van der Waals surface area contributed by atoms with Crippen LogP contribution in [0, 0.1) is 0 Å². The largest absolute Gasteiger partial charge is 0.804 e. The van der Waals surface area contributed by atoms with Crippen LogP contribution in [0.2, 0.25) is 5.02 Å². The SMILES string of the molecule is COP([O-])c1cccc(Cl)c1. The zero-order valence-corrected chi connectivity index (χ0v) is 7.60. The molecular formula is C7H7ClO2P-. The number of hydrogen-bond acceptors (Lipinski definition) is 2. The van der Waals surface area contributed by atoms with Crippen molar-refractivity contribution in [3.63, 3.8) is 0 Å². The lowest BCUT2D eigenvalue weighted by Gasteiger charge is -2.20. The predicted octanol–water partition coefficient (Wildman–Crippen LogP) is 1.28. The van der Waals surface area contributed by atoms with Crippen molar-refractivity contribution in [2.45, 2.75) is 0 Å². The lowest BCUT2D eigenvalue weighted by molar-refractivity contribution is -0.174. The van der Waals surface area contributed by atoms with E-state index in [9.17, 15) is 4.89 Å². The molecule has 0 spiro atoms. The van der Waals surface area contributed by atoms with Crippen LogP contribution in [0.15, 0.2) is 24.3 Å². The van der Waals surface area contributed by atoms with Gasteiger partial charge in [-0.15, -0.1) is 0 Å². The van der Waals surface area contributed by atoms with E-state index in [0.717, 1.165) is 0 Å². The fourth-order valence-corrected chi connectivity index (χ4v) is 1.62. The summed E-state index contributed by atoms with van der Waals surface area (Å²) in [5.41, 5.74) is 0. The molecule has 1 rings (SSSR count). The Kier molecular flexibility index (Phi) is 3.28. The minimum atomic E-state index is -1.72. The molecule has 0 heterocycles. The Hall–Kier alpha value is -0.140. The zero-order chi connectivity index (χ0) is 8.27. The maximum atomic E-state index is 11.0. The van der Waals surface area contributed by atoms with Crippen LogP contribution in [0.25, 0.3) is 0 Å². The van der Waals surface area contributed by atoms with Crippen LogP contribution in [0.3, 0.4) is 0 Å². The number of benzene rings is 1. The summed E-state index contributed by atoms with van der Waals surface area (Å²) >= 11 is 5.66. The van der Waals surface area contributed by atoms with Crippen LogP contribution >= 0.6 is 20.0 Å². The van der Waals surface area contributed by atoms with E-state index in [2.05, 4.69) is 4.52 Å². The van der Waals surface area contributed by atoms with Crippen molar-refractivity contribution < 1.29 is 9.42 Å². The summed E-state index contributed by atoms with van der Waals surface area (Å²) in [6.07, 6.45) is 0. The van der Waals surface area contributed by atoms with Gasteiger partial charge in [-0.25, -0.2) is 0 Å². The van der Waals surface area contributed by atoms with Crippen LogP contribution in [0.4, 0.5) is 0 Å². The molecular weight excluding hydrogens is 183 g/mol. The topological polar surface area (TPSA) is 32.3 Å². The van der Waals surface area contributed by atoms with E-state index in [1.807, 2.05) is 0 Å². The Morgan fingerprint density at radius 3 is 2.82 bits per heavy atom. The molecule has 0 amide bonds. The Morgan fingerprint density at radius 1 is 1.55 bits per heavy atom. The van der Waals surface area contributed by atoms with E-state index >= 15 is 0 Å². The second kappa shape index (κ2) is 4.03. The quantitative estimate of drug-likeness (QED) is 0.657. The molecule has 1 atom stereocenters. The van der Waals surface area contributed by atoms with Crippen molar-refractivity contribution in [3.05, 3.63) is 29.3 Å². The van der Waals surface area contributed by atoms with Gasteiger partial charge >= 0.3 is 0 Å². The van der Waals surface area contributed by atoms with E-state index in [4.69, 9.17) is 11.6 Å². The smallest absolute Gasteiger partial charge is 0.0412 e. The van der Waals surface area contributed by atoms with Gasteiger partial charge in [-0.2, -0.15) is 0 Å². The fourth-order valence-electron chi connectivity index (χ4n) is 0.695. The standard InChI is InChI=1S/C7H7ClO2P/c1-10-11(9)7-4-2-3-6(8)5-7/h2-5H,1H3/q-1. The molecule has 1 aromatic carbocycles. The first kappa shape index (κ1) is 8.95. The summed E-state index contributed by atoms with van der Waals surface area (Å²) in [7, 11) is -0.322. The van der Waals surface area contributed by atoms with Gasteiger partial charge in [0, 0.05) is 12.1 Å². The minimum Gasteiger partial charge on any atom is -0.804 e. The molecule has 0 bridgehead atoms. The summed E-state index contributed by atoms with van der Waals surface area (Å²) in [6, 6.07) is 6.81. The van der Waals surface area contributed by atoms with Crippen molar-refractivity contribution in [3.8, 4) is 0 Å². The van der Waals surface area contributed by atoms with Gasteiger partial charge in [0.25, 0.3) is 0 Å². The van der Waals surface area contributed by atoms with Gasteiger partial charge in [-0.05, 0) is 25.8 Å². The van der Waals surface area contributed by atoms with Crippen molar-refractivity contribution >= 4 is 25.3 Å². The summed E-state index contributed by atoms with van der Waals surface area (Å²) in [5.74, 6) is 0. The Morgan fingerprint density at radius 2 is 2.27 bits per heavy atom. The molecule has 0 N–H and O–H groups in total. The first-order valence-corrected chi connectivity index (χ1v) is 4.56. The molecule has 0 fully saturated rings. The van der Waals surface area contributed by atoms with E-state index < -0.39 is 8.38 Å². The van der Waals surface area contributed by atoms with Gasteiger partial charge in [-0.3, -0.25) is 0 Å². The lowest BCUT2D eigenvalue weighted by atomic mass is 10.4. The minimum absolute atomic E-state index is 0.572. The number of halogens is 1. The van der Waals surface area contributed by atoms with Crippen molar-refractivity contribution in [2.24, 2.45) is 0 Å². The highest BCUT2D eigenvalue weighted by Gasteiger charge is 1.96. The molecule has 0 saturated heterocycles. The molecule has 2 nitrogen and oxygen atoms in total. The molecule has 0 aromatic heterocycles. The number of hydrogen-bond donors (Lipinski definition) is 0. The zero-order valence-electron chi connectivity index (χ0n) is 5.95. The van der Waals surface area contributed by atoms with E-state index in [1.165, 1.54) is 7.11 Å². The first-order valence-electron chi connectivity index (χ1n) is 3.01. The molecule has 1 unspecified atom stereocenters. The highest BCUT2D eigenvalue weighted by atomic mass is 35.5. The van der Waals surface area contributed by atoms with Gasteiger partial charge in [0.15, 0.2) is 0 Å². The molecule has 0 aliphatic heterocycles. The van der Waals surface area contributed by atoms with Crippen LogP contribution in [0.5, 0.6) is 0 Å². The molecule has 0 aliphatic carbocycles. The molecule has 4 heteroatoms. The van der Waals surface area contributed by atoms with Gasteiger partial charge in [0.2, 0.25) is 0 Å². The molecule has 0 saturated carbocycles. The van der Waals surface area contributed by atoms with E-state index in [-0.39, 0.29) is 0 Å². The lowest BCUT2D eigenvalue weighted by Crippen LogP contribution is -2.10. The number of rotatable bonds is 2. The van der Waals surface area contributed by atoms with E-state index in [1.54, 1.807) is 24.3 Å². The van der Waals surface area contributed by atoms with Gasteiger partial charge in [0.1, 0.15) is 0 Å². The van der Waals surface area contributed by atoms with Gasteiger partial charge < -0.3 is 9.42 Å². The summed E-state index contributed by atoms with van der Waals surface area (Å²) in [6.45, 7) is 0. The van der Waals surface area contributed by atoms with Crippen molar-refractivity contribution in [1.29, 1.82) is 0 Å².